The summed E-state index contributed by atoms with van der Waals surface area (Å²) in [7, 11) is 0. The molecule has 2 aromatic rings. The van der Waals surface area contributed by atoms with Crippen LogP contribution in [0.15, 0.2) is 48.5 Å². The van der Waals surface area contributed by atoms with Crippen LogP contribution in [0.3, 0.4) is 0 Å². The van der Waals surface area contributed by atoms with Crippen LogP contribution in [0.1, 0.15) is 25.0 Å². The standard InChI is InChI=1S/C19H14F2N2O2/c1-19(2)13(11-5-6-22-9-14(11)21)8-16(25-19)17-12-4-3-10(20)7-15(12)23-18(17)24/h3-9H,1-2H3,(H,23,24)/b17-16+. The molecule has 2 aliphatic heterocycles. The first-order chi connectivity index (χ1) is 11.9. The molecule has 0 fully saturated rings. The molecule has 0 aliphatic carbocycles. The van der Waals surface area contributed by atoms with E-state index in [2.05, 4.69) is 10.3 Å². The Bertz CT molecular complexity index is 977. The summed E-state index contributed by atoms with van der Waals surface area (Å²) in [5, 5.41) is 2.63. The number of rotatable bonds is 1. The van der Waals surface area contributed by atoms with Crippen LogP contribution in [-0.4, -0.2) is 16.5 Å². The van der Waals surface area contributed by atoms with Gasteiger partial charge in [-0.25, -0.2) is 8.78 Å². The number of hydrogen-bond acceptors (Lipinski definition) is 3. The number of allylic oxidation sites excluding steroid dienone is 1. The van der Waals surface area contributed by atoms with Gasteiger partial charge in [-0.15, -0.1) is 0 Å². The van der Waals surface area contributed by atoms with Gasteiger partial charge in [0.15, 0.2) is 0 Å². The molecule has 0 radical (unpaired) electrons. The van der Waals surface area contributed by atoms with Crippen LogP contribution < -0.4 is 5.32 Å². The number of anilines is 1. The van der Waals surface area contributed by atoms with Crippen LogP contribution in [0.4, 0.5) is 14.5 Å². The number of hydrogen-bond donors (Lipinski definition) is 1. The first kappa shape index (κ1) is 15.5. The van der Waals surface area contributed by atoms with E-state index in [0.29, 0.717) is 33.7 Å². The second-order valence-corrected chi connectivity index (χ2v) is 6.41. The first-order valence-electron chi connectivity index (χ1n) is 7.73. The van der Waals surface area contributed by atoms with Crippen molar-refractivity contribution in [2.75, 3.05) is 5.32 Å². The summed E-state index contributed by atoms with van der Waals surface area (Å²) < 4.78 is 33.5. The van der Waals surface area contributed by atoms with E-state index in [1.807, 2.05) is 0 Å². The molecule has 25 heavy (non-hydrogen) atoms. The molecule has 0 saturated heterocycles. The van der Waals surface area contributed by atoms with Crippen molar-refractivity contribution >= 4 is 22.7 Å². The third-order valence-corrected chi connectivity index (χ3v) is 4.32. The molecule has 1 amide bonds. The SMILES string of the molecule is CC1(C)O/C(=C2/C(=O)Nc3cc(F)ccc32)C=C1c1ccncc1F. The summed E-state index contributed by atoms with van der Waals surface area (Å²) in [4.78, 5) is 16.1. The Morgan fingerprint density at radius 1 is 1.16 bits per heavy atom. The molecule has 3 heterocycles. The van der Waals surface area contributed by atoms with Gasteiger partial charge in [-0.2, -0.15) is 0 Å². The summed E-state index contributed by atoms with van der Waals surface area (Å²) in [6.07, 6.45) is 4.30. The Hall–Kier alpha value is -3.02. The number of benzene rings is 1. The van der Waals surface area contributed by atoms with E-state index >= 15 is 0 Å². The average molecular weight is 340 g/mol. The number of halogens is 2. The summed E-state index contributed by atoms with van der Waals surface area (Å²) >= 11 is 0. The molecule has 0 bridgehead atoms. The normalized spacial score (nSPS) is 20.8. The Kier molecular flexibility index (Phi) is 3.25. The van der Waals surface area contributed by atoms with E-state index < -0.39 is 17.2 Å². The smallest absolute Gasteiger partial charge is 0.260 e. The maximum absolute atomic E-state index is 14.2. The number of amides is 1. The van der Waals surface area contributed by atoms with Crippen LogP contribution in [0.25, 0.3) is 11.1 Å². The Morgan fingerprint density at radius 3 is 2.72 bits per heavy atom. The highest BCUT2D eigenvalue weighted by Crippen LogP contribution is 2.44. The molecule has 4 nitrogen and oxygen atoms in total. The van der Waals surface area contributed by atoms with Crippen molar-refractivity contribution in [2.45, 2.75) is 19.4 Å². The summed E-state index contributed by atoms with van der Waals surface area (Å²) in [5.41, 5.74) is 1.42. The zero-order valence-corrected chi connectivity index (χ0v) is 13.6. The fourth-order valence-corrected chi connectivity index (χ4v) is 3.17. The lowest BCUT2D eigenvalue weighted by Gasteiger charge is -2.23. The van der Waals surface area contributed by atoms with Crippen LogP contribution >= 0.6 is 0 Å². The molecule has 2 aliphatic rings. The largest absolute Gasteiger partial charge is 0.482 e. The highest BCUT2D eigenvalue weighted by atomic mass is 19.1. The third-order valence-electron chi connectivity index (χ3n) is 4.32. The molecule has 1 aromatic carbocycles. The third kappa shape index (κ3) is 2.41. The summed E-state index contributed by atoms with van der Waals surface area (Å²) in [6.45, 7) is 3.59. The fourth-order valence-electron chi connectivity index (χ4n) is 3.17. The molecule has 1 aromatic heterocycles. The van der Waals surface area contributed by atoms with Gasteiger partial charge in [-0.1, -0.05) is 0 Å². The Labute approximate surface area is 142 Å². The van der Waals surface area contributed by atoms with E-state index in [9.17, 15) is 13.6 Å². The van der Waals surface area contributed by atoms with Crippen molar-refractivity contribution in [3.63, 3.8) is 0 Å². The van der Waals surface area contributed by atoms with Crippen LogP contribution in [0.2, 0.25) is 0 Å². The highest BCUT2D eigenvalue weighted by molar-refractivity contribution is 6.32. The van der Waals surface area contributed by atoms with Gasteiger partial charge >= 0.3 is 0 Å². The molecule has 0 saturated carbocycles. The van der Waals surface area contributed by atoms with Crippen molar-refractivity contribution in [3.8, 4) is 0 Å². The first-order valence-corrected chi connectivity index (χ1v) is 7.73. The van der Waals surface area contributed by atoms with Gasteiger partial charge in [0.05, 0.1) is 17.5 Å². The lowest BCUT2D eigenvalue weighted by Crippen LogP contribution is -2.21. The second-order valence-electron chi connectivity index (χ2n) is 6.41. The zero-order valence-electron chi connectivity index (χ0n) is 13.6. The maximum Gasteiger partial charge on any atom is 0.260 e. The summed E-state index contributed by atoms with van der Waals surface area (Å²) in [5.74, 6) is -0.943. The molecule has 4 rings (SSSR count). The van der Waals surface area contributed by atoms with Crippen molar-refractivity contribution < 1.29 is 18.3 Å². The number of fused-ring (bicyclic) bond motifs is 1. The Morgan fingerprint density at radius 2 is 1.96 bits per heavy atom. The molecule has 0 atom stereocenters. The van der Waals surface area contributed by atoms with Crippen LogP contribution in [0, 0.1) is 11.6 Å². The number of aromatic nitrogens is 1. The van der Waals surface area contributed by atoms with Crippen molar-refractivity contribution in [1.29, 1.82) is 0 Å². The van der Waals surface area contributed by atoms with Gasteiger partial charge in [-0.05, 0) is 44.2 Å². The molecule has 1 N–H and O–H groups in total. The lowest BCUT2D eigenvalue weighted by molar-refractivity contribution is -0.111. The minimum atomic E-state index is -0.826. The number of nitrogens with one attached hydrogen (secondary N) is 1. The van der Waals surface area contributed by atoms with Gasteiger partial charge in [0.25, 0.3) is 5.91 Å². The molecule has 0 unspecified atom stereocenters. The van der Waals surface area contributed by atoms with E-state index in [4.69, 9.17) is 4.74 Å². The minimum Gasteiger partial charge on any atom is -0.482 e. The van der Waals surface area contributed by atoms with Crippen LogP contribution in [0.5, 0.6) is 0 Å². The number of pyridine rings is 1. The second kappa shape index (κ2) is 5.24. The number of nitrogens with zero attached hydrogens (tertiary/aromatic N) is 1. The van der Waals surface area contributed by atoms with E-state index in [0.717, 1.165) is 6.20 Å². The molecular weight excluding hydrogens is 326 g/mol. The van der Waals surface area contributed by atoms with E-state index in [-0.39, 0.29) is 5.91 Å². The topological polar surface area (TPSA) is 51.2 Å². The molecule has 126 valence electrons. The van der Waals surface area contributed by atoms with E-state index in [1.54, 1.807) is 26.0 Å². The average Bonchev–Trinajstić information content (AvgIpc) is 3.02. The monoisotopic (exact) mass is 340 g/mol. The molecule has 0 spiro atoms. The highest BCUT2D eigenvalue weighted by Gasteiger charge is 2.38. The number of carbonyl (C=O) groups excluding carboxylic acids is 1. The molecular formula is C19H14F2N2O2. The van der Waals surface area contributed by atoms with Crippen molar-refractivity contribution in [3.05, 3.63) is 71.3 Å². The fraction of sp³-hybridized carbons (Fsp3) is 0.158. The van der Waals surface area contributed by atoms with Crippen LogP contribution in [-0.2, 0) is 9.53 Å². The van der Waals surface area contributed by atoms with Gasteiger partial charge in [0.2, 0.25) is 0 Å². The van der Waals surface area contributed by atoms with Crippen molar-refractivity contribution in [1.82, 2.24) is 4.98 Å². The predicted octanol–water partition coefficient (Wildman–Crippen LogP) is 3.92. The van der Waals surface area contributed by atoms with Gasteiger partial charge in [0.1, 0.15) is 23.0 Å². The van der Waals surface area contributed by atoms with Gasteiger partial charge in [0, 0.05) is 22.9 Å². The van der Waals surface area contributed by atoms with E-state index in [1.165, 1.54) is 24.4 Å². The van der Waals surface area contributed by atoms with Gasteiger partial charge < -0.3 is 10.1 Å². The minimum absolute atomic E-state index is 0.313. The predicted molar refractivity (Wildman–Crippen MR) is 89.3 cm³/mol. The number of carbonyl (C=O) groups is 1. The quantitative estimate of drug-likeness (QED) is 0.801. The Balaban J connectivity index is 1.89. The number of ether oxygens (including phenoxy) is 1. The lowest BCUT2D eigenvalue weighted by atomic mass is 9.92. The molecule has 6 heteroatoms. The summed E-state index contributed by atoms with van der Waals surface area (Å²) in [6, 6.07) is 5.64. The zero-order chi connectivity index (χ0) is 17.8. The maximum atomic E-state index is 14.2. The van der Waals surface area contributed by atoms with Gasteiger partial charge in [-0.3, -0.25) is 9.78 Å². The van der Waals surface area contributed by atoms with Crippen molar-refractivity contribution in [2.24, 2.45) is 0 Å².